The van der Waals surface area contributed by atoms with Crippen LogP contribution in [0.1, 0.15) is 29.6 Å². The summed E-state index contributed by atoms with van der Waals surface area (Å²) in [6.45, 7) is 4.49. The Morgan fingerprint density at radius 2 is 2.17 bits per heavy atom. The van der Waals surface area contributed by atoms with Gasteiger partial charge in [0.05, 0.1) is 0 Å². The van der Waals surface area contributed by atoms with E-state index in [4.69, 9.17) is 12.2 Å². The van der Waals surface area contributed by atoms with Gasteiger partial charge >= 0.3 is 0 Å². The molecule has 3 rings (SSSR count). The Kier molecular flexibility index (Phi) is 2.88. The molecular formula is C14H15N3S. The fourth-order valence-electron chi connectivity index (χ4n) is 2.47. The maximum Gasteiger partial charge on any atom is 0.195 e. The maximum absolute atomic E-state index is 5.24. The molecule has 1 aromatic heterocycles. The Hall–Kier alpha value is -1.68. The van der Waals surface area contributed by atoms with E-state index in [0.29, 0.717) is 16.6 Å². The molecule has 1 N–H and O–H groups in total. The minimum absolute atomic E-state index is 0.486. The summed E-state index contributed by atoms with van der Waals surface area (Å²) in [5, 5.41) is 7.25. The van der Waals surface area contributed by atoms with E-state index in [1.165, 1.54) is 5.56 Å². The van der Waals surface area contributed by atoms with Crippen molar-refractivity contribution in [3.05, 3.63) is 59.1 Å². The molecule has 2 atom stereocenters. The van der Waals surface area contributed by atoms with E-state index in [1.54, 1.807) is 0 Å². The Balaban J connectivity index is 1.87. The number of hydrogen-bond donors (Lipinski definition) is 1. The predicted octanol–water partition coefficient (Wildman–Crippen LogP) is 3.40. The van der Waals surface area contributed by atoms with Crippen molar-refractivity contribution in [3.8, 4) is 0 Å². The van der Waals surface area contributed by atoms with Crippen LogP contribution in [0.25, 0.3) is 0 Å². The van der Waals surface area contributed by atoms with E-state index in [9.17, 15) is 0 Å². The average molecular weight is 257 g/mol. The first-order chi connectivity index (χ1) is 8.81. The van der Waals surface area contributed by atoms with Crippen LogP contribution in [-0.4, -0.2) is 14.8 Å². The van der Waals surface area contributed by atoms with E-state index in [2.05, 4.69) is 47.1 Å². The third-order valence-electron chi connectivity index (χ3n) is 3.45. The maximum atomic E-state index is 5.24. The Bertz CT molecular complexity index is 611. The van der Waals surface area contributed by atoms with Gasteiger partial charge in [-0.2, -0.15) is 5.10 Å². The molecule has 1 aromatic carbocycles. The zero-order valence-corrected chi connectivity index (χ0v) is 10.9. The standard InChI is InChI=1S/C14H15N3S/c1-2-8-17-13(15-16-14(17)18)12-9-11(12)10-6-4-3-5-7-10/h2-7,11-12H,1,8-9H2,(H,16,18)/t11-,12+/m0/s1. The van der Waals surface area contributed by atoms with Crippen molar-refractivity contribution in [2.45, 2.75) is 24.8 Å². The van der Waals surface area contributed by atoms with Crippen LogP contribution in [0.5, 0.6) is 0 Å². The first-order valence-corrected chi connectivity index (χ1v) is 6.53. The number of aromatic nitrogens is 3. The molecule has 3 nitrogen and oxygen atoms in total. The van der Waals surface area contributed by atoms with Gasteiger partial charge in [-0.15, -0.1) is 6.58 Å². The van der Waals surface area contributed by atoms with Gasteiger partial charge in [0.25, 0.3) is 0 Å². The third-order valence-corrected chi connectivity index (χ3v) is 3.76. The molecule has 18 heavy (non-hydrogen) atoms. The number of nitrogens with one attached hydrogen (secondary N) is 1. The highest BCUT2D eigenvalue weighted by molar-refractivity contribution is 7.71. The molecule has 0 radical (unpaired) electrons. The van der Waals surface area contributed by atoms with Gasteiger partial charge in [-0.1, -0.05) is 36.4 Å². The highest BCUT2D eigenvalue weighted by Crippen LogP contribution is 2.53. The normalized spacial score (nSPS) is 21.8. The zero-order valence-electron chi connectivity index (χ0n) is 10.0. The average Bonchev–Trinajstić information content (AvgIpc) is 3.12. The van der Waals surface area contributed by atoms with Crippen molar-refractivity contribution < 1.29 is 0 Å². The fraction of sp³-hybridized carbons (Fsp3) is 0.286. The quantitative estimate of drug-likeness (QED) is 0.673. The molecule has 0 aliphatic heterocycles. The minimum atomic E-state index is 0.486. The molecule has 1 aliphatic carbocycles. The topological polar surface area (TPSA) is 33.6 Å². The summed E-state index contributed by atoms with van der Waals surface area (Å²) in [6, 6.07) is 10.6. The van der Waals surface area contributed by atoms with Crippen molar-refractivity contribution in [1.29, 1.82) is 0 Å². The molecular weight excluding hydrogens is 242 g/mol. The summed E-state index contributed by atoms with van der Waals surface area (Å²) in [4.78, 5) is 0. The van der Waals surface area contributed by atoms with Gasteiger partial charge in [0.1, 0.15) is 5.82 Å². The van der Waals surface area contributed by atoms with E-state index in [-0.39, 0.29) is 0 Å². The van der Waals surface area contributed by atoms with Gasteiger partial charge < -0.3 is 4.57 Å². The third kappa shape index (κ3) is 1.93. The molecule has 0 amide bonds. The van der Waals surface area contributed by atoms with Gasteiger partial charge in [-0.05, 0) is 30.1 Å². The second-order valence-corrected chi connectivity index (χ2v) is 5.03. The lowest BCUT2D eigenvalue weighted by Crippen LogP contribution is -2.01. The van der Waals surface area contributed by atoms with Gasteiger partial charge in [-0.3, -0.25) is 5.10 Å². The van der Waals surface area contributed by atoms with E-state index in [1.807, 2.05) is 10.6 Å². The SMILES string of the molecule is C=CCn1c([C@@H]2C[C@H]2c2ccccc2)n[nH]c1=S. The number of hydrogen-bond acceptors (Lipinski definition) is 2. The van der Waals surface area contributed by atoms with E-state index < -0.39 is 0 Å². The van der Waals surface area contributed by atoms with E-state index in [0.717, 1.165) is 18.8 Å². The Morgan fingerprint density at radius 3 is 2.89 bits per heavy atom. The van der Waals surface area contributed by atoms with Crippen LogP contribution in [0.15, 0.2) is 43.0 Å². The molecule has 0 unspecified atom stereocenters. The van der Waals surface area contributed by atoms with Gasteiger partial charge in [-0.25, -0.2) is 0 Å². The molecule has 0 spiro atoms. The van der Waals surface area contributed by atoms with Crippen molar-refractivity contribution in [2.75, 3.05) is 0 Å². The molecule has 1 heterocycles. The highest BCUT2D eigenvalue weighted by Gasteiger charge is 2.42. The first kappa shape index (κ1) is 11.4. The van der Waals surface area contributed by atoms with Gasteiger partial charge in [0.2, 0.25) is 0 Å². The molecule has 1 aliphatic rings. The van der Waals surface area contributed by atoms with Crippen LogP contribution in [0.2, 0.25) is 0 Å². The molecule has 1 fully saturated rings. The number of benzene rings is 1. The predicted molar refractivity (Wildman–Crippen MR) is 74.1 cm³/mol. The molecule has 0 bridgehead atoms. The van der Waals surface area contributed by atoms with Crippen LogP contribution in [0.3, 0.4) is 0 Å². The van der Waals surface area contributed by atoms with Gasteiger partial charge in [0, 0.05) is 12.5 Å². The number of allylic oxidation sites excluding steroid dienone is 1. The van der Waals surface area contributed by atoms with Crippen molar-refractivity contribution >= 4 is 12.2 Å². The zero-order chi connectivity index (χ0) is 12.5. The highest BCUT2D eigenvalue weighted by atomic mass is 32.1. The second-order valence-electron chi connectivity index (χ2n) is 4.65. The summed E-state index contributed by atoms with van der Waals surface area (Å²) in [5.74, 6) is 2.13. The number of rotatable bonds is 4. The molecule has 2 aromatic rings. The lowest BCUT2D eigenvalue weighted by molar-refractivity contribution is 0.727. The lowest BCUT2D eigenvalue weighted by Gasteiger charge is -2.03. The van der Waals surface area contributed by atoms with Crippen LogP contribution in [0.4, 0.5) is 0 Å². The van der Waals surface area contributed by atoms with E-state index >= 15 is 0 Å². The van der Waals surface area contributed by atoms with Crippen molar-refractivity contribution in [2.24, 2.45) is 0 Å². The number of H-pyrrole nitrogens is 1. The molecule has 92 valence electrons. The van der Waals surface area contributed by atoms with Crippen LogP contribution in [-0.2, 0) is 6.54 Å². The Morgan fingerprint density at radius 1 is 1.39 bits per heavy atom. The lowest BCUT2D eigenvalue weighted by atomic mass is 10.1. The number of aromatic amines is 1. The Labute approximate surface area is 111 Å². The van der Waals surface area contributed by atoms with Crippen LogP contribution in [0, 0.1) is 4.77 Å². The largest absolute Gasteiger partial charge is 0.300 e. The summed E-state index contributed by atoms with van der Waals surface area (Å²) < 4.78 is 2.72. The molecule has 4 heteroatoms. The van der Waals surface area contributed by atoms with Crippen LogP contribution < -0.4 is 0 Å². The number of nitrogens with zero attached hydrogens (tertiary/aromatic N) is 2. The summed E-state index contributed by atoms with van der Waals surface area (Å²) in [5.41, 5.74) is 1.39. The smallest absolute Gasteiger partial charge is 0.195 e. The fourth-order valence-corrected chi connectivity index (χ4v) is 2.68. The monoisotopic (exact) mass is 257 g/mol. The van der Waals surface area contributed by atoms with Crippen molar-refractivity contribution in [1.82, 2.24) is 14.8 Å². The van der Waals surface area contributed by atoms with Crippen molar-refractivity contribution in [3.63, 3.8) is 0 Å². The second kappa shape index (κ2) is 4.53. The summed E-state index contributed by atoms with van der Waals surface area (Å²) in [6.07, 6.45) is 3.01. The molecule has 0 saturated heterocycles. The summed E-state index contributed by atoms with van der Waals surface area (Å²) >= 11 is 5.24. The summed E-state index contributed by atoms with van der Waals surface area (Å²) in [7, 11) is 0. The molecule has 1 saturated carbocycles. The van der Waals surface area contributed by atoms with Gasteiger partial charge in [0.15, 0.2) is 4.77 Å². The minimum Gasteiger partial charge on any atom is -0.300 e. The first-order valence-electron chi connectivity index (χ1n) is 6.12. The van der Waals surface area contributed by atoms with Crippen LogP contribution >= 0.6 is 12.2 Å².